The Kier molecular flexibility index (Phi) is 5.31. The third-order valence-corrected chi connectivity index (χ3v) is 3.44. The first-order valence-electron chi connectivity index (χ1n) is 6.61. The summed E-state index contributed by atoms with van der Waals surface area (Å²) in [6, 6.07) is 12.9. The van der Waals surface area contributed by atoms with E-state index in [1.807, 2.05) is 30.3 Å². The molecular formula is C16H16ClFN2O. The summed E-state index contributed by atoms with van der Waals surface area (Å²) in [6.07, 6.45) is 1.20. The van der Waals surface area contributed by atoms with Crippen LogP contribution in [0.4, 0.5) is 10.1 Å². The average molecular weight is 307 g/mol. The Balaban J connectivity index is 1.92. The van der Waals surface area contributed by atoms with Gasteiger partial charge in [-0.3, -0.25) is 4.79 Å². The van der Waals surface area contributed by atoms with Crippen molar-refractivity contribution in [2.24, 2.45) is 5.73 Å². The standard InChI is InChI=1S/C16H16ClFN2O/c17-13-8-7-12(18)10-15(13)20-16(21)14(19)9-6-11-4-2-1-3-5-11/h1-5,7-8,10,14H,6,9,19H2,(H,20,21)/t14-/m0/s1. The fourth-order valence-electron chi connectivity index (χ4n) is 1.92. The van der Waals surface area contributed by atoms with Gasteiger partial charge in [0.15, 0.2) is 0 Å². The predicted molar refractivity (Wildman–Crippen MR) is 82.8 cm³/mol. The van der Waals surface area contributed by atoms with E-state index in [1.54, 1.807) is 0 Å². The molecule has 5 heteroatoms. The average Bonchev–Trinajstić information content (AvgIpc) is 2.49. The largest absolute Gasteiger partial charge is 0.323 e. The summed E-state index contributed by atoms with van der Waals surface area (Å²) in [4.78, 5) is 12.0. The first-order valence-corrected chi connectivity index (χ1v) is 6.99. The number of hydrogen-bond acceptors (Lipinski definition) is 2. The highest BCUT2D eigenvalue weighted by molar-refractivity contribution is 6.33. The lowest BCUT2D eigenvalue weighted by Crippen LogP contribution is -2.36. The van der Waals surface area contributed by atoms with Crippen molar-refractivity contribution in [3.8, 4) is 0 Å². The van der Waals surface area contributed by atoms with Crippen LogP contribution in [0.15, 0.2) is 48.5 Å². The van der Waals surface area contributed by atoms with Crippen molar-refractivity contribution in [3.63, 3.8) is 0 Å². The second-order valence-electron chi connectivity index (χ2n) is 4.74. The molecule has 1 atom stereocenters. The van der Waals surface area contributed by atoms with Gasteiger partial charge in [0.05, 0.1) is 16.8 Å². The van der Waals surface area contributed by atoms with Gasteiger partial charge in [0, 0.05) is 0 Å². The first kappa shape index (κ1) is 15.5. The van der Waals surface area contributed by atoms with E-state index < -0.39 is 11.9 Å². The van der Waals surface area contributed by atoms with Crippen molar-refractivity contribution in [1.29, 1.82) is 0 Å². The van der Waals surface area contributed by atoms with Gasteiger partial charge in [-0.05, 0) is 36.6 Å². The van der Waals surface area contributed by atoms with Crippen LogP contribution < -0.4 is 11.1 Å². The van der Waals surface area contributed by atoms with E-state index in [4.69, 9.17) is 17.3 Å². The number of anilines is 1. The number of hydrogen-bond donors (Lipinski definition) is 2. The summed E-state index contributed by atoms with van der Waals surface area (Å²) in [5, 5.41) is 2.83. The number of halogens is 2. The van der Waals surface area contributed by atoms with E-state index in [-0.39, 0.29) is 16.6 Å². The third-order valence-electron chi connectivity index (χ3n) is 3.11. The van der Waals surface area contributed by atoms with E-state index in [2.05, 4.69) is 5.32 Å². The van der Waals surface area contributed by atoms with E-state index in [0.29, 0.717) is 12.8 Å². The molecule has 0 aliphatic rings. The molecule has 2 aromatic rings. The zero-order chi connectivity index (χ0) is 15.2. The zero-order valence-electron chi connectivity index (χ0n) is 11.4. The number of aryl methyl sites for hydroxylation is 1. The van der Waals surface area contributed by atoms with Crippen molar-refractivity contribution in [2.45, 2.75) is 18.9 Å². The molecule has 0 spiro atoms. The monoisotopic (exact) mass is 306 g/mol. The molecule has 3 N–H and O–H groups in total. The second kappa shape index (κ2) is 7.20. The Hall–Kier alpha value is -1.91. The van der Waals surface area contributed by atoms with Crippen LogP contribution in [0.3, 0.4) is 0 Å². The van der Waals surface area contributed by atoms with Gasteiger partial charge in [-0.25, -0.2) is 4.39 Å². The smallest absolute Gasteiger partial charge is 0.241 e. The van der Waals surface area contributed by atoms with Crippen molar-refractivity contribution in [3.05, 3.63) is 64.9 Å². The summed E-state index contributed by atoms with van der Waals surface area (Å²) in [5.41, 5.74) is 7.20. The van der Waals surface area contributed by atoms with Gasteiger partial charge in [-0.2, -0.15) is 0 Å². The van der Waals surface area contributed by atoms with Crippen LogP contribution in [0.5, 0.6) is 0 Å². The van der Waals surface area contributed by atoms with Gasteiger partial charge in [0.1, 0.15) is 5.82 Å². The lowest BCUT2D eigenvalue weighted by atomic mass is 10.1. The molecule has 110 valence electrons. The van der Waals surface area contributed by atoms with Crippen molar-refractivity contribution in [1.82, 2.24) is 0 Å². The summed E-state index contributed by atoms with van der Waals surface area (Å²) in [6.45, 7) is 0. The summed E-state index contributed by atoms with van der Waals surface area (Å²) in [5.74, 6) is -0.842. The minimum absolute atomic E-state index is 0.233. The Labute approximate surface area is 127 Å². The lowest BCUT2D eigenvalue weighted by molar-refractivity contribution is -0.117. The Morgan fingerprint density at radius 2 is 1.95 bits per heavy atom. The summed E-state index contributed by atoms with van der Waals surface area (Å²) >= 11 is 5.90. The van der Waals surface area contributed by atoms with Crippen LogP contribution in [0.1, 0.15) is 12.0 Å². The minimum Gasteiger partial charge on any atom is -0.323 e. The molecular weight excluding hydrogens is 291 g/mol. The van der Waals surface area contributed by atoms with Crippen LogP contribution in [0, 0.1) is 5.82 Å². The molecule has 2 aromatic carbocycles. The van der Waals surface area contributed by atoms with Gasteiger partial charge >= 0.3 is 0 Å². The fourth-order valence-corrected chi connectivity index (χ4v) is 2.08. The molecule has 3 nitrogen and oxygen atoms in total. The number of rotatable bonds is 5. The van der Waals surface area contributed by atoms with E-state index in [1.165, 1.54) is 18.2 Å². The Morgan fingerprint density at radius 3 is 2.67 bits per heavy atom. The second-order valence-corrected chi connectivity index (χ2v) is 5.15. The van der Waals surface area contributed by atoms with Crippen molar-refractivity contribution >= 4 is 23.2 Å². The minimum atomic E-state index is -0.676. The highest BCUT2D eigenvalue weighted by atomic mass is 35.5. The maximum absolute atomic E-state index is 13.1. The van der Waals surface area contributed by atoms with Gasteiger partial charge < -0.3 is 11.1 Å². The van der Waals surface area contributed by atoms with Crippen molar-refractivity contribution < 1.29 is 9.18 Å². The number of carbonyl (C=O) groups is 1. The summed E-state index contributed by atoms with van der Waals surface area (Å²) in [7, 11) is 0. The van der Waals surface area contributed by atoms with E-state index in [0.717, 1.165) is 5.56 Å². The molecule has 0 saturated carbocycles. The number of amides is 1. The molecule has 0 saturated heterocycles. The molecule has 0 unspecified atom stereocenters. The Morgan fingerprint density at radius 1 is 1.24 bits per heavy atom. The molecule has 0 radical (unpaired) electrons. The number of benzene rings is 2. The molecule has 0 bridgehead atoms. The molecule has 2 rings (SSSR count). The molecule has 0 heterocycles. The van der Waals surface area contributed by atoms with E-state index >= 15 is 0 Å². The maximum Gasteiger partial charge on any atom is 0.241 e. The van der Waals surface area contributed by atoms with Crippen LogP contribution in [0.2, 0.25) is 5.02 Å². The lowest BCUT2D eigenvalue weighted by Gasteiger charge is -2.13. The molecule has 1 amide bonds. The van der Waals surface area contributed by atoms with Gasteiger partial charge in [-0.15, -0.1) is 0 Å². The number of carbonyl (C=O) groups excluding carboxylic acids is 1. The molecule has 0 aliphatic carbocycles. The van der Waals surface area contributed by atoms with Crippen LogP contribution in [-0.4, -0.2) is 11.9 Å². The molecule has 0 fully saturated rings. The highest BCUT2D eigenvalue weighted by Crippen LogP contribution is 2.22. The SMILES string of the molecule is N[C@@H](CCc1ccccc1)C(=O)Nc1cc(F)ccc1Cl. The zero-order valence-corrected chi connectivity index (χ0v) is 12.1. The normalized spacial score (nSPS) is 12.0. The van der Waals surface area contributed by atoms with Gasteiger partial charge in [-0.1, -0.05) is 41.9 Å². The van der Waals surface area contributed by atoms with E-state index in [9.17, 15) is 9.18 Å². The fraction of sp³-hybridized carbons (Fsp3) is 0.188. The third kappa shape index (κ3) is 4.55. The van der Waals surface area contributed by atoms with Gasteiger partial charge in [0.25, 0.3) is 0 Å². The molecule has 0 aliphatic heterocycles. The quantitative estimate of drug-likeness (QED) is 0.890. The Bertz CT molecular complexity index is 619. The molecule has 0 aromatic heterocycles. The van der Waals surface area contributed by atoms with Crippen molar-refractivity contribution in [2.75, 3.05) is 5.32 Å². The number of nitrogens with one attached hydrogen (secondary N) is 1. The maximum atomic E-state index is 13.1. The van der Waals surface area contributed by atoms with Crippen LogP contribution in [0.25, 0.3) is 0 Å². The predicted octanol–water partition coefficient (Wildman–Crippen LogP) is 3.38. The first-order chi connectivity index (χ1) is 10.1. The van der Waals surface area contributed by atoms with Crippen LogP contribution >= 0.6 is 11.6 Å². The number of nitrogens with two attached hydrogens (primary N) is 1. The highest BCUT2D eigenvalue weighted by Gasteiger charge is 2.15. The molecule has 21 heavy (non-hydrogen) atoms. The summed E-state index contributed by atoms with van der Waals surface area (Å²) < 4.78 is 13.1. The topological polar surface area (TPSA) is 55.1 Å². The van der Waals surface area contributed by atoms with Crippen LogP contribution in [-0.2, 0) is 11.2 Å². The van der Waals surface area contributed by atoms with Gasteiger partial charge in [0.2, 0.25) is 5.91 Å².